The van der Waals surface area contributed by atoms with Gasteiger partial charge in [0.2, 0.25) is 5.91 Å². The number of halogens is 2. The Labute approximate surface area is 172 Å². The first-order chi connectivity index (χ1) is 13.5. The molecule has 1 saturated carbocycles. The fraction of sp³-hybridized carbons (Fsp3) is 0.333. The average molecular weight is 419 g/mol. The predicted octanol–water partition coefficient (Wildman–Crippen LogP) is 4.79. The number of carbonyl (C=O) groups is 2. The number of carbonyl (C=O) groups excluding carboxylic acids is 2. The molecule has 2 aromatic carbocycles. The summed E-state index contributed by atoms with van der Waals surface area (Å²) in [5, 5.41) is 3.36. The van der Waals surface area contributed by atoms with Gasteiger partial charge in [0.25, 0.3) is 5.91 Å². The molecule has 4 nitrogen and oxygen atoms in total. The summed E-state index contributed by atoms with van der Waals surface area (Å²) in [5.74, 6) is -0.274. The SMILES string of the molecule is O=C(NC1CCCC1)c1ccc2c(c1)N(Cc1ccc(F)cc1Cl)C(=O)CS2. The Morgan fingerprint density at radius 1 is 1.21 bits per heavy atom. The Bertz CT molecular complexity index is 931. The number of hydrogen-bond acceptors (Lipinski definition) is 3. The molecule has 146 valence electrons. The van der Waals surface area contributed by atoms with Gasteiger partial charge < -0.3 is 10.2 Å². The number of rotatable bonds is 4. The van der Waals surface area contributed by atoms with E-state index in [-0.39, 0.29) is 29.4 Å². The smallest absolute Gasteiger partial charge is 0.251 e. The van der Waals surface area contributed by atoms with Crippen LogP contribution in [0.15, 0.2) is 41.3 Å². The van der Waals surface area contributed by atoms with E-state index in [1.54, 1.807) is 23.1 Å². The van der Waals surface area contributed by atoms with Gasteiger partial charge in [-0.05, 0) is 48.7 Å². The van der Waals surface area contributed by atoms with Crippen molar-refractivity contribution < 1.29 is 14.0 Å². The molecule has 0 bridgehead atoms. The lowest BCUT2D eigenvalue weighted by atomic mass is 10.1. The molecule has 28 heavy (non-hydrogen) atoms. The highest BCUT2D eigenvalue weighted by molar-refractivity contribution is 8.00. The number of nitrogens with one attached hydrogen (secondary N) is 1. The minimum atomic E-state index is -0.416. The van der Waals surface area contributed by atoms with E-state index in [0.29, 0.717) is 22.6 Å². The molecule has 1 heterocycles. The fourth-order valence-electron chi connectivity index (χ4n) is 3.68. The number of benzene rings is 2. The maximum atomic E-state index is 13.3. The Balaban J connectivity index is 1.61. The molecular formula is C21H20ClFN2O2S. The van der Waals surface area contributed by atoms with Crippen molar-refractivity contribution in [3.8, 4) is 0 Å². The van der Waals surface area contributed by atoms with E-state index < -0.39 is 5.82 Å². The van der Waals surface area contributed by atoms with Gasteiger partial charge in [-0.25, -0.2) is 4.39 Å². The maximum Gasteiger partial charge on any atom is 0.251 e. The van der Waals surface area contributed by atoms with Crippen molar-refractivity contribution in [2.75, 3.05) is 10.7 Å². The first kappa shape index (κ1) is 19.3. The number of amides is 2. The van der Waals surface area contributed by atoms with Gasteiger partial charge in [-0.15, -0.1) is 11.8 Å². The van der Waals surface area contributed by atoms with Gasteiger partial charge in [-0.2, -0.15) is 0 Å². The molecule has 1 N–H and O–H groups in total. The van der Waals surface area contributed by atoms with Crippen LogP contribution in [0.25, 0.3) is 0 Å². The fourth-order valence-corrected chi connectivity index (χ4v) is 4.82. The first-order valence-electron chi connectivity index (χ1n) is 9.33. The zero-order valence-corrected chi connectivity index (χ0v) is 16.8. The summed E-state index contributed by atoms with van der Waals surface area (Å²) in [5.41, 5.74) is 1.90. The summed E-state index contributed by atoms with van der Waals surface area (Å²) in [6.07, 6.45) is 4.32. The summed E-state index contributed by atoms with van der Waals surface area (Å²) >= 11 is 7.61. The molecule has 2 aliphatic rings. The van der Waals surface area contributed by atoms with Crippen LogP contribution >= 0.6 is 23.4 Å². The van der Waals surface area contributed by atoms with Crippen molar-refractivity contribution in [1.82, 2.24) is 5.32 Å². The summed E-state index contributed by atoms with van der Waals surface area (Å²) in [7, 11) is 0. The summed E-state index contributed by atoms with van der Waals surface area (Å²) in [4.78, 5) is 27.8. The minimum Gasteiger partial charge on any atom is -0.349 e. The van der Waals surface area contributed by atoms with Gasteiger partial charge in [0.05, 0.1) is 18.0 Å². The number of fused-ring (bicyclic) bond motifs is 1. The van der Waals surface area contributed by atoms with Crippen molar-refractivity contribution in [2.45, 2.75) is 43.2 Å². The molecule has 0 radical (unpaired) electrons. The zero-order valence-electron chi connectivity index (χ0n) is 15.2. The average Bonchev–Trinajstić information content (AvgIpc) is 3.18. The zero-order chi connectivity index (χ0) is 19.7. The number of nitrogens with zero attached hydrogens (tertiary/aromatic N) is 1. The molecule has 1 fully saturated rings. The molecule has 4 rings (SSSR count). The highest BCUT2D eigenvalue weighted by Gasteiger charge is 2.27. The van der Waals surface area contributed by atoms with Crippen molar-refractivity contribution in [3.63, 3.8) is 0 Å². The van der Waals surface area contributed by atoms with Crippen LogP contribution in [0.1, 0.15) is 41.6 Å². The van der Waals surface area contributed by atoms with Crippen LogP contribution in [0.3, 0.4) is 0 Å². The molecule has 2 aromatic rings. The van der Waals surface area contributed by atoms with Crippen molar-refractivity contribution in [3.05, 3.63) is 58.4 Å². The Morgan fingerprint density at radius 3 is 2.75 bits per heavy atom. The van der Waals surface area contributed by atoms with Gasteiger partial charge in [0, 0.05) is 21.5 Å². The maximum absolute atomic E-state index is 13.3. The highest BCUT2D eigenvalue weighted by Crippen LogP contribution is 2.37. The molecule has 7 heteroatoms. The number of thioether (sulfide) groups is 1. The van der Waals surface area contributed by atoms with Gasteiger partial charge in [0.15, 0.2) is 0 Å². The molecule has 0 spiro atoms. The van der Waals surface area contributed by atoms with Crippen LogP contribution in [0.2, 0.25) is 5.02 Å². The lowest BCUT2D eigenvalue weighted by Crippen LogP contribution is -2.36. The third-order valence-electron chi connectivity index (χ3n) is 5.20. The standard InChI is InChI=1S/C21H20ClFN2O2S/c22-17-10-15(23)7-5-14(17)11-25-18-9-13(6-8-19(18)28-12-20(25)26)21(27)24-16-3-1-2-4-16/h5-10,16H,1-4,11-12H2,(H,24,27). The van der Waals surface area contributed by atoms with E-state index in [9.17, 15) is 14.0 Å². The van der Waals surface area contributed by atoms with Crippen molar-refractivity contribution in [2.24, 2.45) is 0 Å². The van der Waals surface area contributed by atoms with E-state index >= 15 is 0 Å². The summed E-state index contributed by atoms with van der Waals surface area (Å²) in [6.45, 7) is 0.235. The second kappa shape index (κ2) is 8.13. The van der Waals surface area contributed by atoms with E-state index in [4.69, 9.17) is 11.6 Å². The largest absolute Gasteiger partial charge is 0.349 e. The monoisotopic (exact) mass is 418 g/mol. The third kappa shape index (κ3) is 4.03. The van der Waals surface area contributed by atoms with E-state index in [1.807, 2.05) is 6.07 Å². The first-order valence-corrected chi connectivity index (χ1v) is 10.7. The van der Waals surface area contributed by atoms with Crippen LogP contribution in [0, 0.1) is 5.82 Å². The Hall–Kier alpha value is -2.05. The topological polar surface area (TPSA) is 49.4 Å². The van der Waals surface area contributed by atoms with Crippen LogP contribution in [-0.4, -0.2) is 23.6 Å². The number of hydrogen-bond donors (Lipinski definition) is 1. The molecule has 0 unspecified atom stereocenters. The van der Waals surface area contributed by atoms with Gasteiger partial charge >= 0.3 is 0 Å². The molecule has 1 aliphatic heterocycles. The Morgan fingerprint density at radius 2 is 2.00 bits per heavy atom. The van der Waals surface area contributed by atoms with Crippen LogP contribution in [0.5, 0.6) is 0 Å². The summed E-state index contributed by atoms with van der Waals surface area (Å²) in [6, 6.07) is 9.84. The van der Waals surface area contributed by atoms with Gasteiger partial charge in [-0.1, -0.05) is 30.5 Å². The van der Waals surface area contributed by atoms with Gasteiger partial charge in [-0.3, -0.25) is 9.59 Å². The molecule has 0 aromatic heterocycles. The van der Waals surface area contributed by atoms with E-state index in [2.05, 4.69) is 5.32 Å². The summed E-state index contributed by atoms with van der Waals surface area (Å²) < 4.78 is 13.3. The molecule has 2 amide bonds. The lowest BCUT2D eigenvalue weighted by Gasteiger charge is -2.30. The van der Waals surface area contributed by atoms with Crippen LogP contribution in [-0.2, 0) is 11.3 Å². The predicted molar refractivity (Wildman–Crippen MR) is 109 cm³/mol. The third-order valence-corrected chi connectivity index (χ3v) is 6.60. The van der Waals surface area contributed by atoms with Crippen molar-refractivity contribution >= 4 is 40.9 Å². The van der Waals surface area contributed by atoms with Gasteiger partial charge in [0.1, 0.15) is 5.82 Å². The molecular weight excluding hydrogens is 399 g/mol. The number of anilines is 1. The molecule has 1 aliphatic carbocycles. The molecule has 0 atom stereocenters. The highest BCUT2D eigenvalue weighted by atomic mass is 35.5. The van der Waals surface area contributed by atoms with Crippen LogP contribution < -0.4 is 10.2 Å². The quantitative estimate of drug-likeness (QED) is 0.776. The van der Waals surface area contributed by atoms with Crippen molar-refractivity contribution in [1.29, 1.82) is 0 Å². The normalized spacial score (nSPS) is 16.9. The second-order valence-corrected chi connectivity index (χ2v) is 8.57. The van der Waals surface area contributed by atoms with E-state index in [1.165, 1.54) is 23.9 Å². The van der Waals surface area contributed by atoms with E-state index in [0.717, 1.165) is 30.6 Å². The lowest BCUT2D eigenvalue weighted by molar-refractivity contribution is -0.116. The second-order valence-electron chi connectivity index (χ2n) is 7.14. The minimum absolute atomic E-state index is 0.0637. The van der Waals surface area contributed by atoms with Crippen LogP contribution in [0.4, 0.5) is 10.1 Å². The molecule has 0 saturated heterocycles. The Kier molecular flexibility index (Phi) is 5.60.